The van der Waals surface area contributed by atoms with Crippen molar-refractivity contribution in [3.05, 3.63) is 53.3 Å². The quantitative estimate of drug-likeness (QED) is 0.690. The van der Waals surface area contributed by atoms with Gasteiger partial charge in [-0.15, -0.1) is 0 Å². The number of hydrogen-bond acceptors (Lipinski definition) is 3. The summed E-state index contributed by atoms with van der Waals surface area (Å²) >= 11 is 0. The van der Waals surface area contributed by atoms with Gasteiger partial charge in [-0.25, -0.2) is 4.39 Å². The minimum Gasteiger partial charge on any atom is -0.453 e. The second kappa shape index (κ2) is 5.16. The molecule has 0 radical (unpaired) electrons. The van der Waals surface area contributed by atoms with Crippen molar-refractivity contribution < 1.29 is 13.6 Å². The minimum absolute atomic E-state index is 0.0760. The summed E-state index contributed by atoms with van der Waals surface area (Å²) in [5.41, 5.74) is 2.24. The number of ketones is 1. The van der Waals surface area contributed by atoms with Crippen molar-refractivity contribution >= 4 is 16.8 Å². The maximum Gasteiger partial charge on any atom is 0.198 e. The Morgan fingerprint density at radius 2 is 2.24 bits per heavy atom. The Morgan fingerprint density at radius 3 is 2.95 bits per heavy atom. The highest BCUT2D eigenvalue weighted by molar-refractivity contribution is 6.00. The number of aryl methyl sites for hydroxylation is 3. The third kappa shape index (κ3) is 2.59. The number of Topliss-reactive ketones (excluding diaryl/α,β-unsaturated/α-hetero) is 1. The fourth-order valence-corrected chi connectivity index (χ4v) is 2.43. The molecule has 1 aromatic carbocycles. The molecule has 21 heavy (non-hydrogen) atoms. The van der Waals surface area contributed by atoms with E-state index in [0.717, 1.165) is 5.56 Å². The first-order valence-corrected chi connectivity index (χ1v) is 6.74. The SMILES string of the molecule is Cc1c(C(=O)CCc2cnn(C)c2)oc2ccc(F)cc12. The first-order valence-electron chi connectivity index (χ1n) is 6.74. The van der Waals surface area contributed by atoms with E-state index >= 15 is 0 Å². The van der Waals surface area contributed by atoms with Crippen LogP contribution in [-0.4, -0.2) is 15.6 Å². The maximum absolute atomic E-state index is 13.3. The zero-order valence-corrected chi connectivity index (χ0v) is 11.9. The van der Waals surface area contributed by atoms with Crippen LogP contribution in [-0.2, 0) is 13.5 Å². The van der Waals surface area contributed by atoms with Crippen molar-refractivity contribution in [3.63, 3.8) is 0 Å². The molecular formula is C16H15FN2O2. The second-order valence-corrected chi connectivity index (χ2v) is 5.14. The van der Waals surface area contributed by atoms with Crippen LogP contribution in [0.1, 0.15) is 28.1 Å². The smallest absolute Gasteiger partial charge is 0.198 e. The number of hydrogen-bond donors (Lipinski definition) is 0. The van der Waals surface area contributed by atoms with Crippen LogP contribution in [0.25, 0.3) is 11.0 Å². The van der Waals surface area contributed by atoms with Gasteiger partial charge in [-0.05, 0) is 37.1 Å². The molecule has 0 spiro atoms. The van der Waals surface area contributed by atoms with Gasteiger partial charge in [-0.1, -0.05) is 0 Å². The van der Waals surface area contributed by atoms with Crippen molar-refractivity contribution in [2.75, 3.05) is 0 Å². The molecule has 3 rings (SSSR count). The molecule has 0 saturated carbocycles. The number of nitrogens with zero attached hydrogens (tertiary/aromatic N) is 2. The molecule has 108 valence electrons. The van der Waals surface area contributed by atoms with Gasteiger partial charge in [0.15, 0.2) is 11.5 Å². The van der Waals surface area contributed by atoms with Gasteiger partial charge in [0.05, 0.1) is 6.20 Å². The van der Waals surface area contributed by atoms with E-state index in [2.05, 4.69) is 5.10 Å². The molecule has 2 aromatic heterocycles. The average Bonchev–Trinajstić information content (AvgIpc) is 3.01. The summed E-state index contributed by atoms with van der Waals surface area (Å²) in [6.45, 7) is 1.78. The van der Waals surface area contributed by atoms with E-state index in [1.54, 1.807) is 23.9 Å². The monoisotopic (exact) mass is 286 g/mol. The topological polar surface area (TPSA) is 48.0 Å². The third-order valence-electron chi connectivity index (χ3n) is 3.55. The van der Waals surface area contributed by atoms with Crippen LogP contribution >= 0.6 is 0 Å². The minimum atomic E-state index is -0.333. The van der Waals surface area contributed by atoms with Crippen molar-refractivity contribution in [2.45, 2.75) is 19.8 Å². The van der Waals surface area contributed by atoms with E-state index in [1.807, 2.05) is 13.2 Å². The van der Waals surface area contributed by atoms with Crippen LogP contribution in [0.2, 0.25) is 0 Å². The van der Waals surface area contributed by atoms with E-state index in [4.69, 9.17) is 4.42 Å². The summed E-state index contributed by atoms with van der Waals surface area (Å²) in [4.78, 5) is 12.3. The fraction of sp³-hybridized carbons (Fsp3) is 0.250. The number of benzene rings is 1. The zero-order chi connectivity index (χ0) is 15.0. The molecule has 0 bridgehead atoms. The highest BCUT2D eigenvalue weighted by Gasteiger charge is 2.18. The predicted molar refractivity (Wildman–Crippen MR) is 76.8 cm³/mol. The van der Waals surface area contributed by atoms with Crippen molar-refractivity contribution in [3.8, 4) is 0 Å². The van der Waals surface area contributed by atoms with E-state index in [9.17, 15) is 9.18 Å². The van der Waals surface area contributed by atoms with Crippen molar-refractivity contribution in [1.29, 1.82) is 0 Å². The van der Waals surface area contributed by atoms with Gasteiger partial charge in [-0.3, -0.25) is 9.48 Å². The summed E-state index contributed by atoms with van der Waals surface area (Å²) in [6.07, 6.45) is 4.58. The lowest BCUT2D eigenvalue weighted by Gasteiger charge is -1.97. The first-order chi connectivity index (χ1) is 10.0. The lowest BCUT2D eigenvalue weighted by atomic mass is 10.1. The molecular weight excluding hydrogens is 271 g/mol. The van der Waals surface area contributed by atoms with Gasteiger partial charge in [0.25, 0.3) is 0 Å². The fourth-order valence-electron chi connectivity index (χ4n) is 2.43. The highest BCUT2D eigenvalue weighted by atomic mass is 19.1. The van der Waals surface area contributed by atoms with Crippen LogP contribution in [0, 0.1) is 12.7 Å². The summed E-state index contributed by atoms with van der Waals surface area (Å²) in [7, 11) is 1.84. The molecule has 0 fully saturated rings. The number of carbonyl (C=O) groups is 1. The normalized spacial score (nSPS) is 11.2. The molecule has 4 nitrogen and oxygen atoms in total. The van der Waals surface area contributed by atoms with E-state index in [1.165, 1.54) is 12.1 Å². The largest absolute Gasteiger partial charge is 0.453 e. The van der Waals surface area contributed by atoms with Crippen LogP contribution in [0.4, 0.5) is 4.39 Å². The second-order valence-electron chi connectivity index (χ2n) is 5.14. The number of rotatable bonds is 4. The Morgan fingerprint density at radius 1 is 1.43 bits per heavy atom. The van der Waals surface area contributed by atoms with Gasteiger partial charge in [0.2, 0.25) is 0 Å². The van der Waals surface area contributed by atoms with E-state index < -0.39 is 0 Å². The van der Waals surface area contributed by atoms with E-state index in [-0.39, 0.29) is 11.6 Å². The van der Waals surface area contributed by atoms with Crippen molar-refractivity contribution in [2.24, 2.45) is 7.05 Å². The molecule has 0 unspecified atom stereocenters. The molecule has 5 heteroatoms. The highest BCUT2D eigenvalue weighted by Crippen LogP contribution is 2.27. The van der Waals surface area contributed by atoms with Gasteiger partial charge >= 0.3 is 0 Å². The first kappa shape index (κ1) is 13.5. The Bertz CT molecular complexity index is 817. The summed E-state index contributed by atoms with van der Waals surface area (Å²) < 4.78 is 20.5. The molecule has 0 atom stereocenters. The summed E-state index contributed by atoms with van der Waals surface area (Å²) in [5.74, 6) is -0.0896. The number of aromatic nitrogens is 2. The molecule has 0 aliphatic carbocycles. The molecule has 0 aliphatic heterocycles. The van der Waals surface area contributed by atoms with Gasteiger partial charge in [0.1, 0.15) is 11.4 Å². The van der Waals surface area contributed by atoms with Gasteiger partial charge < -0.3 is 4.42 Å². The zero-order valence-electron chi connectivity index (χ0n) is 11.9. The van der Waals surface area contributed by atoms with Gasteiger partial charge in [-0.2, -0.15) is 5.10 Å². The number of halogens is 1. The standard InChI is InChI=1S/C16H15FN2O2/c1-10-13-7-12(17)4-6-15(13)21-16(10)14(20)5-3-11-8-18-19(2)9-11/h4,6-9H,3,5H2,1-2H3. The van der Waals surface area contributed by atoms with Crippen molar-refractivity contribution in [1.82, 2.24) is 9.78 Å². The molecule has 0 saturated heterocycles. The van der Waals surface area contributed by atoms with Crippen LogP contribution in [0.3, 0.4) is 0 Å². The summed E-state index contributed by atoms with van der Waals surface area (Å²) in [5, 5.41) is 4.72. The number of fused-ring (bicyclic) bond motifs is 1. The molecule has 0 aliphatic rings. The molecule has 2 heterocycles. The predicted octanol–water partition coefficient (Wildman–Crippen LogP) is 3.43. The van der Waals surface area contributed by atoms with Crippen LogP contribution in [0.5, 0.6) is 0 Å². The molecule has 0 amide bonds. The Hall–Kier alpha value is -2.43. The lowest BCUT2D eigenvalue weighted by Crippen LogP contribution is -2.01. The van der Waals surface area contributed by atoms with Crippen LogP contribution in [0.15, 0.2) is 35.0 Å². The van der Waals surface area contributed by atoms with E-state index in [0.29, 0.717) is 35.1 Å². The number of furan rings is 1. The Balaban J connectivity index is 1.82. The summed E-state index contributed by atoms with van der Waals surface area (Å²) in [6, 6.07) is 4.27. The third-order valence-corrected chi connectivity index (χ3v) is 3.55. The maximum atomic E-state index is 13.3. The number of carbonyl (C=O) groups excluding carboxylic acids is 1. The molecule has 3 aromatic rings. The lowest BCUT2D eigenvalue weighted by molar-refractivity contribution is 0.0957. The van der Waals surface area contributed by atoms with Crippen LogP contribution < -0.4 is 0 Å². The van der Waals surface area contributed by atoms with Gasteiger partial charge in [0, 0.05) is 30.6 Å². The average molecular weight is 286 g/mol. The Kier molecular flexibility index (Phi) is 3.33. The Labute approximate surface area is 121 Å². The molecule has 0 N–H and O–H groups in total.